The standard InChI is InChI=1S/C10H9F2N3OS/c1-2-13-8-6(11)5-7(12)9(15-8)17-10-14-3-4-16-10/h3-5H,2H2,1H3,(H,13,15). The molecule has 2 aromatic heterocycles. The van der Waals surface area contributed by atoms with E-state index in [9.17, 15) is 8.78 Å². The van der Waals surface area contributed by atoms with Crippen LogP contribution in [0.4, 0.5) is 14.6 Å². The number of hydrogen-bond acceptors (Lipinski definition) is 5. The van der Waals surface area contributed by atoms with E-state index in [-0.39, 0.29) is 16.1 Å². The molecule has 7 heteroatoms. The summed E-state index contributed by atoms with van der Waals surface area (Å²) in [6.45, 7) is 2.30. The Morgan fingerprint density at radius 3 is 2.88 bits per heavy atom. The van der Waals surface area contributed by atoms with Gasteiger partial charge >= 0.3 is 0 Å². The maximum atomic E-state index is 13.4. The zero-order valence-electron chi connectivity index (χ0n) is 8.91. The first-order valence-corrected chi connectivity index (χ1v) is 5.69. The lowest BCUT2D eigenvalue weighted by atomic mass is 10.4. The van der Waals surface area contributed by atoms with Gasteiger partial charge in [-0.1, -0.05) is 0 Å². The van der Waals surface area contributed by atoms with E-state index in [1.807, 2.05) is 0 Å². The maximum absolute atomic E-state index is 13.4. The van der Waals surface area contributed by atoms with Crippen LogP contribution < -0.4 is 5.32 Å². The Morgan fingerprint density at radius 2 is 2.24 bits per heavy atom. The van der Waals surface area contributed by atoms with Gasteiger partial charge in [0.15, 0.2) is 17.5 Å². The first-order chi connectivity index (χ1) is 8.20. The molecule has 0 aromatic carbocycles. The summed E-state index contributed by atoms with van der Waals surface area (Å²) in [5.74, 6) is -1.45. The van der Waals surface area contributed by atoms with Crippen LogP contribution >= 0.6 is 11.8 Å². The summed E-state index contributed by atoms with van der Waals surface area (Å²) < 4.78 is 31.7. The highest BCUT2D eigenvalue weighted by Crippen LogP contribution is 2.28. The number of pyridine rings is 1. The van der Waals surface area contributed by atoms with Crippen LogP contribution in [0.2, 0.25) is 0 Å². The molecule has 1 N–H and O–H groups in total. The number of nitrogens with one attached hydrogen (secondary N) is 1. The van der Waals surface area contributed by atoms with Crippen molar-refractivity contribution in [3.05, 3.63) is 30.2 Å². The van der Waals surface area contributed by atoms with E-state index in [0.29, 0.717) is 6.54 Å². The van der Waals surface area contributed by atoms with Crippen molar-refractivity contribution in [1.82, 2.24) is 9.97 Å². The Kier molecular flexibility index (Phi) is 3.58. The first kappa shape index (κ1) is 11.8. The molecule has 2 rings (SSSR count). The van der Waals surface area contributed by atoms with Gasteiger partial charge in [0.25, 0.3) is 5.22 Å². The average molecular weight is 257 g/mol. The van der Waals surface area contributed by atoms with E-state index in [0.717, 1.165) is 17.8 Å². The summed E-state index contributed by atoms with van der Waals surface area (Å²) in [5.41, 5.74) is 0. The van der Waals surface area contributed by atoms with Crippen molar-refractivity contribution in [2.45, 2.75) is 17.2 Å². The second-order valence-corrected chi connectivity index (χ2v) is 3.98. The third kappa shape index (κ3) is 2.73. The number of hydrogen-bond donors (Lipinski definition) is 1. The molecule has 0 saturated carbocycles. The van der Waals surface area contributed by atoms with Gasteiger partial charge in [-0.2, -0.15) is 0 Å². The molecule has 0 atom stereocenters. The Hall–Kier alpha value is -1.63. The van der Waals surface area contributed by atoms with Gasteiger partial charge in [0.2, 0.25) is 0 Å². The highest BCUT2D eigenvalue weighted by atomic mass is 32.2. The van der Waals surface area contributed by atoms with Crippen LogP contribution in [0.5, 0.6) is 0 Å². The van der Waals surface area contributed by atoms with Crippen molar-refractivity contribution in [1.29, 1.82) is 0 Å². The molecule has 4 nitrogen and oxygen atoms in total. The predicted molar refractivity (Wildman–Crippen MR) is 58.9 cm³/mol. The van der Waals surface area contributed by atoms with Crippen LogP contribution in [0.15, 0.2) is 33.2 Å². The van der Waals surface area contributed by atoms with Gasteiger partial charge in [-0.3, -0.25) is 0 Å². The molecular formula is C10H9F2N3OS. The number of anilines is 1. The lowest BCUT2D eigenvalue weighted by Gasteiger charge is -2.06. The molecule has 0 aliphatic heterocycles. The molecule has 0 bridgehead atoms. The summed E-state index contributed by atoms with van der Waals surface area (Å²) >= 11 is 0.899. The fourth-order valence-electron chi connectivity index (χ4n) is 1.16. The monoisotopic (exact) mass is 257 g/mol. The molecule has 0 saturated heterocycles. The second-order valence-electron chi connectivity index (χ2n) is 3.04. The Balaban J connectivity index is 2.29. The van der Waals surface area contributed by atoms with Gasteiger partial charge in [-0.25, -0.2) is 18.7 Å². The number of rotatable bonds is 4. The van der Waals surface area contributed by atoms with Crippen LogP contribution in [0.25, 0.3) is 0 Å². The van der Waals surface area contributed by atoms with Crippen LogP contribution in [-0.4, -0.2) is 16.5 Å². The molecule has 2 heterocycles. The highest BCUT2D eigenvalue weighted by molar-refractivity contribution is 7.99. The van der Waals surface area contributed by atoms with Crippen molar-refractivity contribution >= 4 is 17.6 Å². The van der Waals surface area contributed by atoms with Crippen molar-refractivity contribution < 1.29 is 13.2 Å². The van der Waals surface area contributed by atoms with Gasteiger partial charge in [0.05, 0.1) is 6.20 Å². The molecule has 90 valence electrons. The molecule has 0 amide bonds. The topological polar surface area (TPSA) is 51.0 Å². The van der Waals surface area contributed by atoms with Gasteiger partial charge < -0.3 is 9.73 Å². The summed E-state index contributed by atoms with van der Waals surface area (Å²) in [7, 11) is 0. The van der Waals surface area contributed by atoms with Crippen molar-refractivity contribution in [3.63, 3.8) is 0 Å². The summed E-state index contributed by atoms with van der Waals surface area (Å²) in [6.07, 6.45) is 2.81. The van der Waals surface area contributed by atoms with Crippen LogP contribution in [-0.2, 0) is 0 Å². The molecule has 0 fully saturated rings. The Morgan fingerprint density at radius 1 is 1.41 bits per heavy atom. The van der Waals surface area contributed by atoms with E-state index in [2.05, 4.69) is 15.3 Å². The molecule has 0 radical (unpaired) electrons. The first-order valence-electron chi connectivity index (χ1n) is 4.88. The molecule has 0 unspecified atom stereocenters. The Bertz CT molecular complexity index is 505. The SMILES string of the molecule is CCNc1nc(Sc2ncco2)c(F)cc1F. The second kappa shape index (κ2) is 5.13. The molecule has 0 aliphatic carbocycles. The van der Waals surface area contributed by atoms with Crippen LogP contribution in [0.3, 0.4) is 0 Å². The predicted octanol–water partition coefficient (Wildman–Crippen LogP) is 2.93. The minimum atomic E-state index is -0.743. The van der Waals surface area contributed by atoms with E-state index in [1.165, 1.54) is 12.5 Å². The van der Waals surface area contributed by atoms with Gasteiger partial charge in [-0.05, 0) is 18.7 Å². The highest BCUT2D eigenvalue weighted by Gasteiger charge is 2.14. The normalized spacial score (nSPS) is 10.5. The molecule has 0 spiro atoms. The van der Waals surface area contributed by atoms with E-state index < -0.39 is 11.6 Å². The lowest BCUT2D eigenvalue weighted by Crippen LogP contribution is -2.04. The van der Waals surface area contributed by atoms with Gasteiger partial charge in [0.1, 0.15) is 11.3 Å². The van der Waals surface area contributed by atoms with E-state index in [4.69, 9.17) is 4.42 Å². The molecule has 0 aliphatic rings. The minimum absolute atomic E-state index is 0.0166. The lowest BCUT2D eigenvalue weighted by molar-refractivity contribution is 0.452. The zero-order chi connectivity index (χ0) is 12.3. The quantitative estimate of drug-likeness (QED) is 0.912. The summed E-state index contributed by atoms with van der Waals surface area (Å²) in [6, 6.07) is 0.788. The fraction of sp³-hybridized carbons (Fsp3) is 0.200. The van der Waals surface area contributed by atoms with Crippen molar-refractivity contribution in [2.24, 2.45) is 0 Å². The van der Waals surface area contributed by atoms with E-state index >= 15 is 0 Å². The fourth-order valence-corrected chi connectivity index (χ4v) is 1.83. The average Bonchev–Trinajstić information content (AvgIpc) is 2.78. The minimum Gasteiger partial charge on any atom is -0.440 e. The zero-order valence-corrected chi connectivity index (χ0v) is 9.72. The molecule has 2 aromatic rings. The number of aromatic nitrogens is 2. The van der Waals surface area contributed by atoms with Crippen molar-refractivity contribution in [2.75, 3.05) is 11.9 Å². The third-order valence-electron chi connectivity index (χ3n) is 1.84. The number of halogens is 2. The number of oxazole rings is 1. The van der Waals surface area contributed by atoms with Crippen LogP contribution in [0, 0.1) is 11.6 Å². The maximum Gasteiger partial charge on any atom is 0.262 e. The molecular weight excluding hydrogens is 248 g/mol. The number of nitrogens with zero attached hydrogens (tertiary/aromatic N) is 2. The van der Waals surface area contributed by atoms with Crippen molar-refractivity contribution in [3.8, 4) is 0 Å². The van der Waals surface area contributed by atoms with Gasteiger partial charge in [-0.15, -0.1) is 0 Å². The van der Waals surface area contributed by atoms with Crippen LogP contribution in [0.1, 0.15) is 6.92 Å². The van der Waals surface area contributed by atoms with E-state index in [1.54, 1.807) is 6.92 Å². The van der Waals surface area contributed by atoms with Gasteiger partial charge in [0, 0.05) is 12.6 Å². The largest absolute Gasteiger partial charge is 0.440 e. The smallest absolute Gasteiger partial charge is 0.262 e. The third-order valence-corrected chi connectivity index (χ3v) is 2.69. The Labute approximate surface area is 100 Å². The summed E-state index contributed by atoms with van der Waals surface area (Å²) in [4.78, 5) is 7.66. The summed E-state index contributed by atoms with van der Waals surface area (Å²) in [5, 5.41) is 2.98. The molecule has 17 heavy (non-hydrogen) atoms.